The van der Waals surface area contributed by atoms with Crippen LogP contribution in [-0.2, 0) is 12.8 Å². The van der Waals surface area contributed by atoms with E-state index >= 15 is 0 Å². The van der Waals surface area contributed by atoms with Crippen LogP contribution in [0.15, 0.2) is 6.07 Å². The predicted octanol–water partition coefficient (Wildman–Crippen LogP) is 2.32. The minimum Gasteiger partial charge on any atom is -0.369 e. The second-order valence-corrected chi connectivity index (χ2v) is 7.59. The average Bonchev–Trinajstić information content (AvgIpc) is 3.39. The Labute approximate surface area is 145 Å². The molecule has 0 aromatic carbocycles. The van der Waals surface area contributed by atoms with E-state index in [1.165, 1.54) is 18.4 Å². The van der Waals surface area contributed by atoms with E-state index in [2.05, 4.69) is 35.4 Å². The molecule has 0 spiro atoms. The highest BCUT2D eigenvalue weighted by molar-refractivity contribution is 5.98. The Morgan fingerprint density at radius 1 is 1.33 bits per heavy atom. The van der Waals surface area contributed by atoms with Crippen LogP contribution in [0.25, 0.3) is 0 Å². The van der Waals surface area contributed by atoms with Gasteiger partial charge in [0.05, 0.1) is 5.56 Å². The van der Waals surface area contributed by atoms with E-state index in [4.69, 9.17) is 4.98 Å². The van der Waals surface area contributed by atoms with Crippen molar-refractivity contribution in [2.75, 3.05) is 38.5 Å². The standard InChI is InChI=1S/C19H30N4O/c1-13(2)12-23-8-6-15-10-16(19(24)20-3)18(21-11-14-4-5-14)22-17(15)7-9-23/h10,13-14H,4-9,11-12H2,1-3H3,(H,20,24)(H,21,22). The van der Waals surface area contributed by atoms with Crippen molar-refractivity contribution < 1.29 is 4.79 Å². The summed E-state index contributed by atoms with van der Waals surface area (Å²) in [6.45, 7) is 8.69. The Kier molecular flexibility index (Phi) is 5.39. The molecule has 5 heteroatoms. The van der Waals surface area contributed by atoms with Gasteiger partial charge in [-0.3, -0.25) is 4.79 Å². The Morgan fingerprint density at radius 3 is 2.75 bits per heavy atom. The molecule has 2 N–H and O–H groups in total. The molecule has 0 unspecified atom stereocenters. The van der Waals surface area contributed by atoms with Gasteiger partial charge in [-0.25, -0.2) is 4.98 Å². The second kappa shape index (κ2) is 7.51. The molecule has 1 aliphatic carbocycles. The van der Waals surface area contributed by atoms with Gasteiger partial charge >= 0.3 is 0 Å². The molecule has 1 aliphatic heterocycles. The maximum Gasteiger partial charge on any atom is 0.254 e. The van der Waals surface area contributed by atoms with E-state index in [0.29, 0.717) is 11.5 Å². The van der Waals surface area contributed by atoms with Crippen molar-refractivity contribution in [3.63, 3.8) is 0 Å². The molecular weight excluding hydrogens is 300 g/mol. The number of aromatic nitrogens is 1. The topological polar surface area (TPSA) is 57.3 Å². The Balaban J connectivity index is 1.80. The van der Waals surface area contributed by atoms with Crippen molar-refractivity contribution in [1.29, 1.82) is 0 Å². The lowest BCUT2D eigenvalue weighted by atomic mass is 10.1. The van der Waals surface area contributed by atoms with Crippen molar-refractivity contribution in [2.24, 2.45) is 11.8 Å². The summed E-state index contributed by atoms with van der Waals surface area (Å²) in [6.07, 6.45) is 4.52. The SMILES string of the molecule is CNC(=O)c1cc2c(nc1NCC1CC1)CCN(CC(C)C)CC2. The number of carbonyl (C=O) groups is 1. The summed E-state index contributed by atoms with van der Waals surface area (Å²) in [5, 5.41) is 6.17. The summed E-state index contributed by atoms with van der Waals surface area (Å²) in [7, 11) is 1.68. The van der Waals surface area contributed by atoms with Crippen molar-refractivity contribution >= 4 is 11.7 Å². The first-order valence-corrected chi connectivity index (χ1v) is 9.28. The van der Waals surface area contributed by atoms with E-state index in [9.17, 15) is 4.79 Å². The number of fused-ring (bicyclic) bond motifs is 1. The number of nitrogens with one attached hydrogen (secondary N) is 2. The van der Waals surface area contributed by atoms with Gasteiger partial charge in [0.15, 0.2) is 0 Å². The highest BCUT2D eigenvalue weighted by Gasteiger charge is 2.24. The number of nitrogens with zero attached hydrogens (tertiary/aromatic N) is 2. The lowest BCUT2D eigenvalue weighted by molar-refractivity contribution is 0.0963. The number of pyridine rings is 1. The monoisotopic (exact) mass is 330 g/mol. The van der Waals surface area contributed by atoms with E-state index in [-0.39, 0.29) is 5.91 Å². The van der Waals surface area contributed by atoms with Crippen molar-refractivity contribution in [3.05, 3.63) is 22.9 Å². The minimum atomic E-state index is -0.0492. The van der Waals surface area contributed by atoms with Gasteiger partial charge in [-0.15, -0.1) is 0 Å². The van der Waals surface area contributed by atoms with Gasteiger partial charge in [0.25, 0.3) is 5.91 Å². The first-order valence-electron chi connectivity index (χ1n) is 9.28. The largest absolute Gasteiger partial charge is 0.369 e. The van der Waals surface area contributed by atoms with Crippen LogP contribution in [0, 0.1) is 11.8 Å². The van der Waals surface area contributed by atoms with Gasteiger partial charge in [0.1, 0.15) is 5.82 Å². The zero-order valence-electron chi connectivity index (χ0n) is 15.2. The smallest absolute Gasteiger partial charge is 0.254 e. The van der Waals surface area contributed by atoms with Crippen molar-refractivity contribution in [2.45, 2.75) is 39.5 Å². The molecule has 1 aromatic heterocycles. The molecular formula is C19H30N4O. The van der Waals surface area contributed by atoms with E-state index < -0.39 is 0 Å². The molecule has 0 radical (unpaired) electrons. The summed E-state index contributed by atoms with van der Waals surface area (Å²) in [6, 6.07) is 2.06. The molecule has 1 saturated carbocycles. The molecule has 0 atom stereocenters. The minimum absolute atomic E-state index is 0.0492. The van der Waals surface area contributed by atoms with Gasteiger partial charge in [-0.2, -0.15) is 0 Å². The van der Waals surface area contributed by atoms with Crippen LogP contribution in [0.1, 0.15) is 48.3 Å². The van der Waals surface area contributed by atoms with Gasteiger partial charge < -0.3 is 15.5 Å². The first-order chi connectivity index (χ1) is 11.6. The highest BCUT2D eigenvalue weighted by Crippen LogP contribution is 2.30. The normalized spacial score (nSPS) is 18.2. The molecule has 132 valence electrons. The number of hydrogen-bond acceptors (Lipinski definition) is 4. The lowest BCUT2D eigenvalue weighted by Gasteiger charge is -2.21. The zero-order chi connectivity index (χ0) is 17.1. The van der Waals surface area contributed by atoms with E-state index in [1.54, 1.807) is 7.05 Å². The number of carbonyl (C=O) groups excluding carboxylic acids is 1. The van der Waals surface area contributed by atoms with Crippen LogP contribution in [-0.4, -0.2) is 49.0 Å². The van der Waals surface area contributed by atoms with Crippen LogP contribution in [0.4, 0.5) is 5.82 Å². The molecule has 24 heavy (non-hydrogen) atoms. The molecule has 1 amide bonds. The van der Waals surface area contributed by atoms with Crippen molar-refractivity contribution in [3.8, 4) is 0 Å². The molecule has 5 nitrogen and oxygen atoms in total. The number of hydrogen-bond donors (Lipinski definition) is 2. The first kappa shape index (κ1) is 17.2. The number of rotatable bonds is 6. The molecule has 3 rings (SSSR count). The molecule has 1 aromatic rings. The average molecular weight is 330 g/mol. The van der Waals surface area contributed by atoms with Crippen LogP contribution in [0.3, 0.4) is 0 Å². The van der Waals surface area contributed by atoms with Gasteiger partial charge in [0, 0.05) is 45.3 Å². The maximum atomic E-state index is 12.3. The molecule has 2 aliphatic rings. The van der Waals surface area contributed by atoms with Gasteiger partial charge in [-0.05, 0) is 42.7 Å². The Morgan fingerprint density at radius 2 is 2.08 bits per heavy atom. The van der Waals surface area contributed by atoms with Gasteiger partial charge in [-0.1, -0.05) is 13.8 Å². The van der Waals surface area contributed by atoms with Crippen LogP contribution in [0.2, 0.25) is 0 Å². The van der Waals surface area contributed by atoms with E-state index in [1.807, 2.05) is 0 Å². The van der Waals surface area contributed by atoms with Gasteiger partial charge in [0.2, 0.25) is 0 Å². The fourth-order valence-corrected chi connectivity index (χ4v) is 3.38. The zero-order valence-corrected chi connectivity index (χ0v) is 15.2. The Hall–Kier alpha value is -1.62. The number of anilines is 1. The fourth-order valence-electron chi connectivity index (χ4n) is 3.38. The van der Waals surface area contributed by atoms with Crippen LogP contribution in [0.5, 0.6) is 0 Å². The summed E-state index contributed by atoms with van der Waals surface area (Å²) >= 11 is 0. The van der Waals surface area contributed by atoms with E-state index in [0.717, 1.165) is 56.5 Å². The number of amides is 1. The van der Waals surface area contributed by atoms with Crippen LogP contribution < -0.4 is 10.6 Å². The third-order valence-corrected chi connectivity index (χ3v) is 4.90. The Bertz CT molecular complexity index is 595. The summed E-state index contributed by atoms with van der Waals surface area (Å²) in [4.78, 5) is 19.6. The predicted molar refractivity (Wildman–Crippen MR) is 97.5 cm³/mol. The summed E-state index contributed by atoms with van der Waals surface area (Å²) < 4.78 is 0. The third-order valence-electron chi connectivity index (χ3n) is 4.90. The maximum absolute atomic E-state index is 12.3. The third kappa shape index (κ3) is 4.26. The lowest BCUT2D eigenvalue weighted by Crippen LogP contribution is -2.30. The molecule has 2 heterocycles. The highest BCUT2D eigenvalue weighted by atomic mass is 16.1. The fraction of sp³-hybridized carbons (Fsp3) is 0.684. The van der Waals surface area contributed by atoms with Crippen molar-refractivity contribution in [1.82, 2.24) is 15.2 Å². The summed E-state index contributed by atoms with van der Waals surface area (Å²) in [5.74, 6) is 2.14. The summed E-state index contributed by atoms with van der Waals surface area (Å²) in [5.41, 5.74) is 3.08. The quantitative estimate of drug-likeness (QED) is 0.840. The molecule has 1 fully saturated rings. The molecule has 0 bridgehead atoms. The second-order valence-electron chi connectivity index (χ2n) is 7.59. The molecule has 0 saturated heterocycles. The van der Waals surface area contributed by atoms with Crippen LogP contribution >= 0.6 is 0 Å².